The third-order valence-corrected chi connectivity index (χ3v) is 5.15. The van der Waals surface area contributed by atoms with E-state index >= 15 is 0 Å². The molecule has 0 atom stereocenters. The third kappa shape index (κ3) is 4.47. The van der Waals surface area contributed by atoms with Crippen molar-refractivity contribution in [3.8, 4) is 11.3 Å². The Morgan fingerprint density at radius 1 is 0.967 bits per heavy atom. The summed E-state index contributed by atoms with van der Waals surface area (Å²) in [5.41, 5.74) is 0.424. The first-order valence-corrected chi connectivity index (χ1v) is 9.54. The van der Waals surface area contributed by atoms with Gasteiger partial charge in [-0.15, -0.1) is 10.2 Å². The van der Waals surface area contributed by atoms with Crippen molar-refractivity contribution in [3.05, 3.63) is 64.8 Å². The fourth-order valence-corrected chi connectivity index (χ4v) is 3.49. The quantitative estimate of drug-likeness (QED) is 0.651. The van der Waals surface area contributed by atoms with E-state index in [0.29, 0.717) is 31.1 Å². The SMILES string of the molecule is O=c1ccc(-c2ccncc2)nn1CC1CCN(c2ccc(C(F)(F)F)nn2)CC1. The molecule has 0 unspecified atom stereocenters. The molecule has 4 rings (SSSR count). The van der Waals surface area contributed by atoms with Crippen LogP contribution >= 0.6 is 0 Å². The summed E-state index contributed by atoms with van der Waals surface area (Å²) < 4.78 is 39.4. The Hall–Kier alpha value is -3.30. The second-order valence-electron chi connectivity index (χ2n) is 7.18. The number of piperidine rings is 1. The predicted octanol–water partition coefficient (Wildman–Crippen LogP) is 3.03. The Bertz CT molecular complexity index is 1040. The maximum atomic E-state index is 12.6. The summed E-state index contributed by atoms with van der Waals surface area (Å²) in [5.74, 6) is 0.665. The minimum atomic E-state index is -4.50. The van der Waals surface area contributed by atoms with Gasteiger partial charge in [-0.25, -0.2) is 4.68 Å². The zero-order chi connectivity index (χ0) is 21.1. The maximum Gasteiger partial charge on any atom is 0.435 e. The van der Waals surface area contributed by atoms with Gasteiger partial charge in [-0.05, 0) is 49.1 Å². The normalized spacial score (nSPS) is 15.4. The summed E-state index contributed by atoms with van der Waals surface area (Å²) in [6, 6.07) is 9.17. The average molecular weight is 416 g/mol. The molecule has 0 aliphatic carbocycles. The number of nitrogens with zero attached hydrogens (tertiary/aromatic N) is 6. The molecular formula is C20H19F3N6O. The molecule has 7 nitrogen and oxygen atoms in total. The minimum absolute atomic E-state index is 0.163. The van der Waals surface area contributed by atoms with Gasteiger partial charge in [0.1, 0.15) is 0 Å². The molecule has 10 heteroatoms. The molecule has 0 N–H and O–H groups in total. The molecule has 156 valence electrons. The standard InChI is InChI=1S/C20H19F3N6O/c21-20(22,23)17-2-3-18(26-25-17)28-11-7-14(8-12-28)13-29-19(30)4-1-16(27-29)15-5-9-24-10-6-15/h1-6,9-10,14H,7-8,11-13H2. The highest BCUT2D eigenvalue weighted by atomic mass is 19.4. The Kier molecular flexibility index (Phi) is 5.47. The van der Waals surface area contributed by atoms with Crippen LogP contribution in [0.25, 0.3) is 11.3 Å². The predicted molar refractivity (Wildman–Crippen MR) is 104 cm³/mol. The van der Waals surface area contributed by atoms with E-state index in [9.17, 15) is 18.0 Å². The van der Waals surface area contributed by atoms with E-state index in [4.69, 9.17) is 0 Å². The van der Waals surface area contributed by atoms with Gasteiger partial charge in [0, 0.05) is 43.7 Å². The lowest BCUT2D eigenvalue weighted by Crippen LogP contribution is -2.37. The van der Waals surface area contributed by atoms with Crippen molar-refractivity contribution < 1.29 is 13.2 Å². The van der Waals surface area contributed by atoms with Crippen LogP contribution in [0, 0.1) is 5.92 Å². The average Bonchev–Trinajstić information content (AvgIpc) is 2.76. The monoisotopic (exact) mass is 416 g/mol. The molecular weight excluding hydrogens is 397 g/mol. The smallest absolute Gasteiger partial charge is 0.355 e. The fourth-order valence-electron chi connectivity index (χ4n) is 3.49. The van der Waals surface area contributed by atoms with Gasteiger partial charge in [0.15, 0.2) is 11.5 Å². The number of halogens is 3. The van der Waals surface area contributed by atoms with Gasteiger partial charge in [-0.2, -0.15) is 18.3 Å². The number of hydrogen-bond donors (Lipinski definition) is 0. The van der Waals surface area contributed by atoms with E-state index < -0.39 is 11.9 Å². The van der Waals surface area contributed by atoms with Crippen LogP contribution in [0.3, 0.4) is 0 Å². The molecule has 0 saturated carbocycles. The van der Waals surface area contributed by atoms with E-state index in [1.165, 1.54) is 16.8 Å². The van der Waals surface area contributed by atoms with Crippen molar-refractivity contribution in [2.75, 3.05) is 18.0 Å². The van der Waals surface area contributed by atoms with Crippen molar-refractivity contribution in [1.82, 2.24) is 25.0 Å². The van der Waals surface area contributed by atoms with Crippen LogP contribution < -0.4 is 10.5 Å². The molecule has 0 radical (unpaired) electrons. The lowest BCUT2D eigenvalue weighted by atomic mass is 9.97. The molecule has 1 fully saturated rings. The first-order chi connectivity index (χ1) is 14.4. The molecule has 0 aromatic carbocycles. The van der Waals surface area contributed by atoms with Crippen molar-refractivity contribution in [2.45, 2.75) is 25.6 Å². The molecule has 0 bridgehead atoms. The maximum absolute atomic E-state index is 12.6. The highest BCUT2D eigenvalue weighted by Gasteiger charge is 2.33. The molecule has 1 aliphatic heterocycles. The van der Waals surface area contributed by atoms with Gasteiger partial charge in [-0.1, -0.05) is 0 Å². The van der Waals surface area contributed by atoms with Gasteiger partial charge < -0.3 is 4.90 Å². The number of hydrogen-bond acceptors (Lipinski definition) is 6. The number of pyridine rings is 1. The number of rotatable bonds is 4. The van der Waals surface area contributed by atoms with Gasteiger partial charge >= 0.3 is 6.18 Å². The highest BCUT2D eigenvalue weighted by Crippen LogP contribution is 2.28. The van der Waals surface area contributed by atoms with Crippen molar-refractivity contribution in [2.24, 2.45) is 5.92 Å². The number of aromatic nitrogens is 5. The molecule has 4 heterocycles. The molecule has 1 saturated heterocycles. The van der Waals surface area contributed by atoms with Gasteiger partial charge in [-0.3, -0.25) is 9.78 Å². The summed E-state index contributed by atoms with van der Waals surface area (Å²) in [4.78, 5) is 18.1. The van der Waals surface area contributed by atoms with Crippen LogP contribution in [0.1, 0.15) is 18.5 Å². The molecule has 30 heavy (non-hydrogen) atoms. The third-order valence-electron chi connectivity index (χ3n) is 5.15. The summed E-state index contributed by atoms with van der Waals surface area (Å²) in [7, 11) is 0. The van der Waals surface area contributed by atoms with E-state index in [2.05, 4.69) is 20.3 Å². The van der Waals surface area contributed by atoms with E-state index in [-0.39, 0.29) is 11.5 Å². The number of anilines is 1. The van der Waals surface area contributed by atoms with Crippen molar-refractivity contribution in [1.29, 1.82) is 0 Å². The van der Waals surface area contributed by atoms with Crippen LogP contribution in [0.2, 0.25) is 0 Å². The second-order valence-corrected chi connectivity index (χ2v) is 7.18. The summed E-state index contributed by atoms with van der Waals surface area (Å²) in [6.45, 7) is 1.75. The summed E-state index contributed by atoms with van der Waals surface area (Å²) >= 11 is 0. The van der Waals surface area contributed by atoms with Crippen molar-refractivity contribution in [3.63, 3.8) is 0 Å². The van der Waals surface area contributed by atoms with Crippen LogP contribution in [-0.4, -0.2) is 38.1 Å². The van der Waals surface area contributed by atoms with Crippen LogP contribution in [0.4, 0.5) is 19.0 Å². The highest BCUT2D eigenvalue weighted by molar-refractivity contribution is 5.57. The zero-order valence-electron chi connectivity index (χ0n) is 16.0. The minimum Gasteiger partial charge on any atom is -0.355 e. The van der Waals surface area contributed by atoms with Crippen molar-refractivity contribution >= 4 is 5.82 Å². The number of alkyl halides is 3. The van der Waals surface area contributed by atoms with E-state index in [1.54, 1.807) is 18.5 Å². The van der Waals surface area contributed by atoms with Gasteiger partial charge in [0.05, 0.1) is 5.69 Å². The molecule has 0 amide bonds. The second kappa shape index (κ2) is 8.21. The largest absolute Gasteiger partial charge is 0.435 e. The Balaban J connectivity index is 1.40. The summed E-state index contributed by atoms with van der Waals surface area (Å²) in [6.07, 6.45) is 0.398. The lowest BCUT2D eigenvalue weighted by molar-refractivity contribution is -0.141. The fraction of sp³-hybridized carbons (Fsp3) is 0.350. The van der Waals surface area contributed by atoms with Crippen LogP contribution in [-0.2, 0) is 12.7 Å². The summed E-state index contributed by atoms with van der Waals surface area (Å²) in [5, 5.41) is 11.5. The van der Waals surface area contributed by atoms with Crippen LogP contribution in [0.15, 0.2) is 53.6 Å². The Morgan fingerprint density at radius 3 is 2.33 bits per heavy atom. The van der Waals surface area contributed by atoms with E-state index in [0.717, 1.165) is 24.5 Å². The Morgan fingerprint density at radius 2 is 1.70 bits per heavy atom. The molecule has 1 aliphatic rings. The molecule has 3 aromatic heterocycles. The first-order valence-electron chi connectivity index (χ1n) is 9.54. The van der Waals surface area contributed by atoms with Crippen LogP contribution in [0.5, 0.6) is 0 Å². The first kappa shape index (κ1) is 20.0. The Labute approximate surface area is 170 Å². The topological polar surface area (TPSA) is 76.8 Å². The van der Waals surface area contributed by atoms with E-state index in [1.807, 2.05) is 17.0 Å². The molecule has 0 spiro atoms. The zero-order valence-corrected chi connectivity index (χ0v) is 16.0. The van der Waals surface area contributed by atoms with Gasteiger partial charge in [0.2, 0.25) is 0 Å². The molecule has 3 aromatic rings. The lowest BCUT2D eigenvalue weighted by Gasteiger charge is -2.32. The van der Waals surface area contributed by atoms with Gasteiger partial charge in [0.25, 0.3) is 5.56 Å².